The van der Waals surface area contributed by atoms with E-state index >= 15 is 0 Å². The molecular formula is C20H25N3O4. The number of oxazole rings is 1. The topological polar surface area (TPSA) is 93.5 Å². The molecule has 1 saturated carbocycles. The van der Waals surface area contributed by atoms with Gasteiger partial charge in [-0.05, 0) is 43.0 Å². The molecule has 1 amide bonds. The number of nitrogens with one attached hydrogen (secondary N) is 2. The molecule has 2 heterocycles. The number of benzene rings is 1. The van der Waals surface area contributed by atoms with Gasteiger partial charge in [-0.15, -0.1) is 0 Å². The molecule has 2 aromatic rings. The van der Waals surface area contributed by atoms with Crippen LogP contribution in [0.4, 0.5) is 5.69 Å². The van der Waals surface area contributed by atoms with Gasteiger partial charge >= 0.3 is 11.9 Å². The van der Waals surface area contributed by atoms with Gasteiger partial charge in [-0.1, -0.05) is 32.1 Å². The number of fused-ring (bicyclic) bond motifs is 1. The van der Waals surface area contributed by atoms with E-state index in [-0.39, 0.29) is 17.8 Å². The Morgan fingerprint density at radius 1 is 1.22 bits per heavy atom. The second-order valence-electron chi connectivity index (χ2n) is 7.46. The normalized spacial score (nSPS) is 23.4. The minimum absolute atomic E-state index is 0.000824. The van der Waals surface area contributed by atoms with E-state index < -0.39 is 5.97 Å². The Labute approximate surface area is 157 Å². The fourth-order valence-electron chi connectivity index (χ4n) is 4.48. The molecule has 1 unspecified atom stereocenters. The van der Waals surface area contributed by atoms with E-state index in [4.69, 9.17) is 4.42 Å². The summed E-state index contributed by atoms with van der Waals surface area (Å²) in [6, 6.07) is 5.03. The Hall–Kier alpha value is -2.41. The number of nitrogens with zero attached hydrogens (tertiary/aromatic N) is 1. The molecule has 1 aliphatic carbocycles. The van der Waals surface area contributed by atoms with Crippen LogP contribution in [0.2, 0.25) is 0 Å². The van der Waals surface area contributed by atoms with Crippen LogP contribution in [-0.2, 0) is 9.53 Å². The smallest absolute Gasteiger partial charge is 0.394 e. The molecular weight excluding hydrogens is 346 g/mol. The van der Waals surface area contributed by atoms with Crippen LogP contribution in [0.15, 0.2) is 22.6 Å². The van der Waals surface area contributed by atoms with Gasteiger partial charge in [0.25, 0.3) is 0 Å². The number of carbonyl (C=O) groups excluding carboxylic acids is 2. The van der Waals surface area contributed by atoms with E-state index in [9.17, 15) is 9.59 Å². The molecule has 1 saturated heterocycles. The lowest BCUT2D eigenvalue weighted by molar-refractivity contribution is -0.119. The number of ether oxygens (including phenoxy) is 1. The number of anilines is 1. The van der Waals surface area contributed by atoms with E-state index in [2.05, 4.69) is 20.4 Å². The lowest BCUT2D eigenvalue weighted by Gasteiger charge is -2.30. The largest absolute Gasteiger partial charge is 0.462 e. The van der Waals surface area contributed by atoms with E-state index in [1.807, 2.05) is 0 Å². The van der Waals surface area contributed by atoms with Crippen molar-refractivity contribution in [3.63, 3.8) is 0 Å². The molecule has 1 aromatic heterocycles. The first-order chi connectivity index (χ1) is 13.2. The first kappa shape index (κ1) is 18.0. The average Bonchev–Trinajstić information content (AvgIpc) is 3.34. The van der Waals surface area contributed by atoms with Crippen molar-refractivity contribution in [2.24, 2.45) is 11.8 Å². The summed E-state index contributed by atoms with van der Waals surface area (Å²) in [6.07, 6.45) is 7.41. The molecule has 2 atom stereocenters. The van der Waals surface area contributed by atoms with E-state index in [0.29, 0.717) is 28.6 Å². The van der Waals surface area contributed by atoms with Crippen LogP contribution >= 0.6 is 0 Å². The Morgan fingerprint density at radius 3 is 2.81 bits per heavy atom. The minimum atomic E-state index is -0.623. The van der Waals surface area contributed by atoms with Gasteiger partial charge in [0.15, 0.2) is 5.58 Å². The van der Waals surface area contributed by atoms with Gasteiger partial charge in [0.05, 0.1) is 13.2 Å². The first-order valence-corrected chi connectivity index (χ1v) is 9.69. The van der Waals surface area contributed by atoms with Gasteiger partial charge in [0.2, 0.25) is 5.91 Å². The molecule has 0 bridgehead atoms. The van der Waals surface area contributed by atoms with Crippen LogP contribution in [0.1, 0.15) is 49.2 Å². The van der Waals surface area contributed by atoms with Gasteiger partial charge in [-0.2, -0.15) is 0 Å². The first-order valence-electron chi connectivity index (χ1n) is 9.69. The van der Waals surface area contributed by atoms with Crippen molar-refractivity contribution in [2.75, 3.05) is 19.0 Å². The van der Waals surface area contributed by atoms with Crippen molar-refractivity contribution in [3.8, 4) is 0 Å². The highest BCUT2D eigenvalue weighted by molar-refractivity contribution is 5.97. The van der Waals surface area contributed by atoms with Gasteiger partial charge < -0.3 is 19.8 Å². The summed E-state index contributed by atoms with van der Waals surface area (Å²) in [7, 11) is 1.28. The molecule has 0 spiro atoms. The number of carbonyl (C=O) groups is 2. The van der Waals surface area contributed by atoms with E-state index in [1.54, 1.807) is 18.2 Å². The van der Waals surface area contributed by atoms with Gasteiger partial charge in [-0.25, -0.2) is 9.78 Å². The molecule has 2 N–H and O–H groups in total. The lowest BCUT2D eigenvalue weighted by atomic mass is 9.76. The van der Waals surface area contributed by atoms with Crippen molar-refractivity contribution in [3.05, 3.63) is 24.1 Å². The number of hydrogen-bond acceptors (Lipinski definition) is 6. The Bertz CT molecular complexity index is 841. The zero-order valence-electron chi connectivity index (χ0n) is 15.5. The third-order valence-corrected chi connectivity index (χ3v) is 5.82. The van der Waals surface area contributed by atoms with Crippen LogP contribution < -0.4 is 10.6 Å². The molecule has 2 aliphatic rings. The van der Waals surface area contributed by atoms with Crippen LogP contribution in [0.5, 0.6) is 0 Å². The molecule has 27 heavy (non-hydrogen) atoms. The van der Waals surface area contributed by atoms with Crippen molar-refractivity contribution >= 4 is 28.7 Å². The van der Waals surface area contributed by atoms with Gasteiger partial charge in [0.1, 0.15) is 5.52 Å². The summed E-state index contributed by atoms with van der Waals surface area (Å²) in [5.41, 5.74) is 1.64. The minimum Gasteiger partial charge on any atom is -0.462 e. The zero-order chi connectivity index (χ0) is 18.8. The molecule has 1 aliphatic heterocycles. The van der Waals surface area contributed by atoms with Gasteiger partial charge in [-0.3, -0.25) is 4.79 Å². The SMILES string of the molecule is COC(=O)c1nc2cc(NC(=O)[C@H]3NCCC3C3CCCCC3)ccc2o1. The molecule has 7 heteroatoms. The monoisotopic (exact) mass is 371 g/mol. The third kappa shape index (κ3) is 3.69. The van der Waals surface area contributed by atoms with Crippen molar-refractivity contribution < 1.29 is 18.7 Å². The summed E-state index contributed by atoms with van der Waals surface area (Å²) < 4.78 is 9.99. The van der Waals surface area contributed by atoms with Gasteiger partial charge in [0, 0.05) is 5.69 Å². The number of methoxy groups -OCH3 is 1. The zero-order valence-corrected chi connectivity index (χ0v) is 15.5. The van der Waals surface area contributed by atoms with Crippen LogP contribution in [0, 0.1) is 11.8 Å². The van der Waals surface area contributed by atoms with Crippen LogP contribution in [0.3, 0.4) is 0 Å². The van der Waals surface area contributed by atoms with E-state index in [1.165, 1.54) is 39.2 Å². The Balaban J connectivity index is 1.47. The summed E-state index contributed by atoms with van der Waals surface area (Å²) in [6.45, 7) is 0.893. The number of esters is 1. The predicted octanol–water partition coefficient (Wildman–Crippen LogP) is 3.11. The van der Waals surface area contributed by atoms with Crippen molar-refractivity contribution in [1.29, 1.82) is 0 Å². The fourth-order valence-corrected chi connectivity index (χ4v) is 4.48. The van der Waals surface area contributed by atoms with Crippen molar-refractivity contribution in [1.82, 2.24) is 10.3 Å². The summed E-state index contributed by atoms with van der Waals surface area (Å²) in [5, 5.41) is 6.38. The highest BCUT2D eigenvalue weighted by Gasteiger charge is 2.38. The maximum atomic E-state index is 12.9. The molecule has 7 nitrogen and oxygen atoms in total. The number of amides is 1. The predicted molar refractivity (Wildman–Crippen MR) is 100 cm³/mol. The Kier molecular flexibility index (Phi) is 5.11. The third-order valence-electron chi connectivity index (χ3n) is 5.82. The van der Waals surface area contributed by atoms with Crippen LogP contribution in [-0.4, -0.2) is 36.6 Å². The second-order valence-corrected chi connectivity index (χ2v) is 7.46. The van der Waals surface area contributed by atoms with Crippen molar-refractivity contribution in [2.45, 2.75) is 44.6 Å². The molecule has 2 fully saturated rings. The standard InChI is InChI=1S/C20H25N3O4/c1-26-20(25)19-23-15-11-13(7-8-16(15)27-19)22-18(24)17-14(9-10-21-17)12-5-3-2-4-6-12/h7-8,11-12,14,17,21H,2-6,9-10H2,1H3,(H,22,24)/t14?,17-/m0/s1. The fraction of sp³-hybridized carbons (Fsp3) is 0.550. The number of aromatic nitrogens is 1. The molecule has 0 radical (unpaired) electrons. The quantitative estimate of drug-likeness (QED) is 0.802. The highest BCUT2D eigenvalue weighted by Crippen LogP contribution is 2.36. The average molecular weight is 371 g/mol. The summed E-state index contributed by atoms with van der Waals surface area (Å²) in [5.74, 6) is 0.337. The number of rotatable bonds is 4. The molecule has 144 valence electrons. The summed E-state index contributed by atoms with van der Waals surface area (Å²) in [4.78, 5) is 28.6. The van der Waals surface area contributed by atoms with Crippen LogP contribution in [0.25, 0.3) is 11.1 Å². The maximum Gasteiger partial charge on any atom is 0.394 e. The lowest BCUT2D eigenvalue weighted by Crippen LogP contribution is -2.42. The summed E-state index contributed by atoms with van der Waals surface area (Å²) >= 11 is 0. The molecule has 4 rings (SSSR count). The second kappa shape index (κ2) is 7.68. The highest BCUT2D eigenvalue weighted by atomic mass is 16.5. The van der Waals surface area contributed by atoms with E-state index in [0.717, 1.165) is 13.0 Å². The molecule has 1 aromatic carbocycles. The Morgan fingerprint density at radius 2 is 2.04 bits per heavy atom. The maximum absolute atomic E-state index is 12.9. The number of hydrogen-bond donors (Lipinski definition) is 2.